The Labute approximate surface area is 149 Å². The molecular formula is C20H26N2O3. The molecule has 5 heteroatoms. The number of rotatable bonds is 6. The highest BCUT2D eigenvalue weighted by Crippen LogP contribution is 2.30. The summed E-state index contributed by atoms with van der Waals surface area (Å²) in [5, 5.41) is 11.7. The van der Waals surface area contributed by atoms with Gasteiger partial charge in [-0.1, -0.05) is 32.8 Å². The smallest absolute Gasteiger partial charge is 0.244 e. The van der Waals surface area contributed by atoms with Gasteiger partial charge in [0.25, 0.3) is 0 Å². The Morgan fingerprint density at radius 2 is 2.16 bits per heavy atom. The maximum atomic E-state index is 12.2. The topological polar surface area (TPSA) is 71.3 Å². The number of carbonyl (C=O) groups is 1. The van der Waals surface area contributed by atoms with E-state index in [1.165, 1.54) is 12.8 Å². The summed E-state index contributed by atoms with van der Waals surface area (Å²) in [5.41, 5.74) is 0.835. The third kappa shape index (κ3) is 5.25. The highest BCUT2D eigenvalue weighted by Gasteiger charge is 2.27. The van der Waals surface area contributed by atoms with Crippen LogP contribution >= 0.6 is 0 Å². The summed E-state index contributed by atoms with van der Waals surface area (Å²) >= 11 is 0. The van der Waals surface area contributed by atoms with Gasteiger partial charge in [0, 0.05) is 12.1 Å². The van der Waals surface area contributed by atoms with Gasteiger partial charge in [-0.3, -0.25) is 4.79 Å². The second-order valence-electron chi connectivity index (χ2n) is 6.57. The standard InChI is InChI=1S/C20H26N2O3/c1-14-5-4-6-17(15(14)2)22-20(23)10-8-16-7-9-18(25-12-11-21)19(13-16)24-3/h7-10,13-15,17H,4-6,12H2,1-3H3,(H,22,23)/b10-8+. The number of nitrogens with one attached hydrogen (secondary N) is 1. The van der Waals surface area contributed by atoms with E-state index in [1.54, 1.807) is 31.4 Å². The Morgan fingerprint density at radius 1 is 1.36 bits per heavy atom. The molecule has 0 spiro atoms. The van der Waals surface area contributed by atoms with Crippen LogP contribution in [0.2, 0.25) is 0 Å². The van der Waals surface area contributed by atoms with Crippen LogP contribution in [0, 0.1) is 23.2 Å². The normalized spacial score (nSPS) is 23.0. The summed E-state index contributed by atoms with van der Waals surface area (Å²) in [6.45, 7) is 4.43. The van der Waals surface area contributed by atoms with Crippen LogP contribution in [0.4, 0.5) is 0 Å². The molecule has 0 aliphatic heterocycles. The van der Waals surface area contributed by atoms with E-state index in [0.29, 0.717) is 23.3 Å². The van der Waals surface area contributed by atoms with E-state index >= 15 is 0 Å². The van der Waals surface area contributed by atoms with Gasteiger partial charge in [-0.25, -0.2) is 0 Å². The van der Waals surface area contributed by atoms with Crippen molar-refractivity contribution in [1.29, 1.82) is 5.26 Å². The van der Waals surface area contributed by atoms with E-state index in [-0.39, 0.29) is 18.6 Å². The zero-order valence-corrected chi connectivity index (χ0v) is 15.1. The van der Waals surface area contributed by atoms with Gasteiger partial charge in [0.05, 0.1) is 7.11 Å². The molecule has 1 aliphatic rings. The van der Waals surface area contributed by atoms with E-state index in [4.69, 9.17) is 14.7 Å². The molecule has 2 rings (SSSR count). The molecule has 3 unspecified atom stereocenters. The Hall–Kier alpha value is -2.48. The van der Waals surface area contributed by atoms with Crippen molar-refractivity contribution in [3.05, 3.63) is 29.8 Å². The largest absolute Gasteiger partial charge is 0.493 e. The molecule has 134 valence electrons. The SMILES string of the molecule is COc1cc(/C=C/C(=O)NC2CCCC(C)C2C)ccc1OCC#N. The molecule has 1 aromatic rings. The lowest BCUT2D eigenvalue weighted by Gasteiger charge is -2.34. The molecule has 0 heterocycles. The van der Waals surface area contributed by atoms with Crippen molar-refractivity contribution in [1.82, 2.24) is 5.32 Å². The quantitative estimate of drug-likeness (QED) is 0.803. The van der Waals surface area contributed by atoms with Gasteiger partial charge in [0.1, 0.15) is 6.07 Å². The van der Waals surface area contributed by atoms with Gasteiger partial charge >= 0.3 is 0 Å². The van der Waals surface area contributed by atoms with Crippen LogP contribution in [0.25, 0.3) is 6.08 Å². The first-order chi connectivity index (χ1) is 12.0. The van der Waals surface area contributed by atoms with Gasteiger partial charge in [-0.2, -0.15) is 5.26 Å². The number of methoxy groups -OCH3 is 1. The summed E-state index contributed by atoms with van der Waals surface area (Å²) in [5.74, 6) is 2.12. The zero-order chi connectivity index (χ0) is 18.2. The van der Waals surface area contributed by atoms with Crippen LogP contribution in [0.3, 0.4) is 0 Å². The van der Waals surface area contributed by atoms with E-state index in [0.717, 1.165) is 12.0 Å². The molecule has 0 radical (unpaired) electrons. The third-order valence-corrected chi connectivity index (χ3v) is 4.94. The molecule has 1 fully saturated rings. The fourth-order valence-electron chi connectivity index (χ4n) is 3.21. The monoisotopic (exact) mass is 342 g/mol. The molecular weight excluding hydrogens is 316 g/mol. The average Bonchev–Trinajstić information content (AvgIpc) is 2.62. The minimum Gasteiger partial charge on any atom is -0.493 e. The van der Waals surface area contributed by atoms with Crippen molar-refractivity contribution < 1.29 is 14.3 Å². The molecule has 5 nitrogen and oxygen atoms in total. The van der Waals surface area contributed by atoms with Gasteiger partial charge in [-0.05, 0) is 42.0 Å². The van der Waals surface area contributed by atoms with Crippen LogP contribution in [0.5, 0.6) is 11.5 Å². The van der Waals surface area contributed by atoms with Crippen LogP contribution in [0.15, 0.2) is 24.3 Å². The van der Waals surface area contributed by atoms with Gasteiger partial charge in [-0.15, -0.1) is 0 Å². The van der Waals surface area contributed by atoms with E-state index in [9.17, 15) is 4.79 Å². The van der Waals surface area contributed by atoms with Crippen LogP contribution in [0.1, 0.15) is 38.7 Å². The maximum absolute atomic E-state index is 12.2. The van der Waals surface area contributed by atoms with Gasteiger partial charge in [0.15, 0.2) is 18.1 Å². The second kappa shape index (κ2) is 9.12. The van der Waals surface area contributed by atoms with E-state index in [2.05, 4.69) is 19.2 Å². The number of hydrogen-bond acceptors (Lipinski definition) is 4. The first kappa shape index (κ1) is 18.9. The lowest BCUT2D eigenvalue weighted by Crippen LogP contribution is -2.43. The molecule has 1 N–H and O–H groups in total. The van der Waals surface area contributed by atoms with Gasteiger partial charge < -0.3 is 14.8 Å². The molecule has 0 aromatic heterocycles. The van der Waals surface area contributed by atoms with E-state index in [1.807, 2.05) is 12.1 Å². The van der Waals surface area contributed by atoms with Crippen molar-refractivity contribution in [3.63, 3.8) is 0 Å². The molecule has 3 atom stereocenters. The van der Waals surface area contributed by atoms with E-state index < -0.39 is 0 Å². The first-order valence-electron chi connectivity index (χ1n) is 8.71. The minimum absolute atomic E-state index is 0.0358. The number of nitriles is 1. The highest BCUT2D eigenvalue weighted by molar-refractivity contribution is 5.92. The molecule has 1 amide bonds. The molecule has 1 aromatic carbocycles. The molecule has 0 saturated heterocycles. The minimum atomic E-state index is -0.0743. The summed E-state index contributed by atoms with van der Waals surface area (Å²) < 4.78 is 10.6. The number of carbonyl (C=O) groups excluding carboxylic acids is 1. The maximum Gasteiger partial charge on any atom is 0.244 e. The lowest BCUT2D eigenvalue weighted by atomic mass is 9.78. The second-order valence-corrected chi connectivity index (χ2v) is 6.57. The number of benzene rings is 1. The number of nitrogens with zero attached hydrogens (tertiary/aromatic N) is 1. The lowest BCUT2D eigenvalue weighted by molar-refractivity contribution is -0.117. The average molecular weight is 342 g/mol. The Morgan fingerprint density at radius 3 is 2.88 bits per heavy atom. The Kier molecular flexibility index (Phi) is 6.88. The molecule has 1 aliphatic carbocycles. The van der Waals surface area contributed by atoms with Crippen LogP contribution in [-0.2, 0) is 4.79 Å². The van der Waals surface area contributed by atoms with Gasteiger partial charge in [0.2, 0.25) is 5.91 Å². The summed E-state index contributed by atoms with van der Waals surface area (Å²) in [4.78, 5) is 12.2. The molecule has 25 heavy (non-hydrogen) atoms. The predicted molar refractivity (Wildman–Crippen MR) is 97.2 cm³/mol. The molecule has 1 saturated carbocycles. The van der Waals surface area contributed by atoms with Crippen molar-refractivity contribution >= 4 is 12.0 Å². The van der Waals surface area contributed by atoms with Crippen molar-refractivity contribution in [2.45, 2.75) is 39.2 Å². The summed E-state index contributed by atoms with van der Waals surface area (Å²) in [6.07, 6.45) is 6.76. The number of hydrogen-bond donors (Lipinski definition) is 1. The van der Waals surface area contributed by atoms with Crippen LogP contribution < -0.4 is 14.8 Å². The van der Waals surface area contributed by atoms with Crippen molar-refractivity contribution in [2.75, 3.05) is 13.7 Å². The molecule has 0 bridgehead atoms. The fourth-order valence-corrected chi connectivity index (χ4v) is 3.21. The Bertz CT molecular complexity index is 663. The predicted octanol–water partition coefficient (Wildman–Crippen LogP) is 3.55. The highest BCUT2D eigenvalue weighted by atomic mass is 16.5. The summed E-state index contributed by atoms with van der Waals surface area (Å²) in [7, 11) is 1.54. The zero-order valence-electron chi connectivity index (χ0n) is 15.1. The number of amides is 1. The van der Waals surface area contributed by atoms with Crippen molar-refractivity contribution in [3.8, 4) is 17.6 Å². The third-order valence-electron chi connectivity index (χ3n) is 4.94. The van der Waals surface area contributed by atoms with Crippen LogP contribution in [-0.4, -0.2) is 25.7 Å². The van der Waals surface area contributed by atoms with Crippen molar-refractivity contribution in [2.24, 2.45) is 11.8 Å². The Balaban J connectivity index is 1.98. The fraction of sp³-hybridized carbons (Fsp3) is 0.500. The summed E-state index contributed by atoms with van der Waals surface area (Å²) in [6, 6.07) is 7.51. The number of ether oxygens (including phenoxy) is 2. The first-order valence-corrected chi connectivity index (χ1v) is 8.71.